The number of imide groups is 1. The fraction of sp³-hybridized carbons (Fsp3) is 0.375. The summed E-state index contributed by atoms with van der Waals surface area (Å²) in [6.07, 6.45) is -1.10. The number of ether oxygens (including phenoxy) is 1. The lowest BCUT2D eigenvalue weighted by atomic mass is 10.2. The van der Waals surface area contributed by atoms with E-state index in [2.05, 4.69) is 5.32 Å². The van der Waals surface area contributed by atoms with Crippen molar-refractivity contribution < 1.29 is 23.9 Å². The van der Waals surface area contributed by atoms with Gasteiger partial charge in [0.1, 0.15) is 6.54 Å². The van der Waals surface area contributed by atoms with Crippen LogP contribution in [0, 0.1) is 0 Å². The molecule has 132 valence electrons. The first-order chi connectivity index (χ1) is 12.0. The van der Waals surface area contributed by atoms with Gasteiger partial charge in [-0.1, -0.05) is 12.1 Å². The van der Waals surface area contributed by atoms with E-state index in [1.807, 2.05) is 12.1 Å². The van der Waals surface area contributed by atoms with Gasteiger partial charge in [0.05, 0.1) is 11.4 Å². The van der Waals surface area contributed by atoms with Crippen molar-refractivity contribution in [2.75, 3.05) is 30.3 Å². The molecule has 9 heteroatoms. The summed E-state index contributed by atoms with van der Waals surface area (Å²) >= 11 is 1.41. The largest absolute Gasteiger partial charge is 0.451 e. The Labute approximate surface area is 148 Å². The molecule has 0 saturated carbocycles. The smallest absolute Gasteiger partial charge is 0.326 e. The number of urea groups is 1. The Bertz CT molecular complexity index is 738. The number of amides is 4. The molecule has 0 spiro atoms. The Balaban J connectivity index is 1.63. The SMILES string of the molecule is C[C@@H](OC(=O)CN1C(=O)CSc2ccccc21)C(=O)N1CCNC1=O. The van der Waals surface area contributed by atoms with E-state index in [4.69, 9.17) is 4.74 Å². The van der Waals surface area contributed by atoms with Gasteiger partial charge in [0.2, 0.25) is 5.91 Å². The second-order valence-corrected chi connectivity index (χ2v) is 6.61. The van der Waals surface area contributed by atoms with Gasteiger partial charge in [0.15, 0.2) is 6.10 Å². The van der Waals surface area contributed by atoms with E-state index in [1.165, 1.54) is 23.6 Å². The van der Waals surface area contributed by atoms with Gasteiger partial charge in [-0.05, 0) is 19.1 Å². The zero-order valence-corrected chi connectivity index (χ0v) is 14.4. The number of hydrogen-bond donors (Lipinski definition) is 1. The molecule has 0 aliphatic carbocycles. The van der Waals surface area contributed by atoms with E-state index in [0.29, 0.717) is 12.2 Å². The molecule has 25 heavy (non-hydrogen) atoms. The molecule has 2 heterocycles. The summed E-state index contributed by atoms with van der Waals surface area (Å²) in [5, 5.41) is 2.51. The summed E-state index contributed by atoms with van der Waals surface area (Å²) < 4.78 is 5.13. The van der Waals surface area contributed by atoms with Crippen LogP contribution in [0.2, 0.25) is 0 Å². The summed E-state index contributed by atoms with van der Waals surface area (Å²) in [4.78, 5) is 51.2. The van der Waals surface area contributed by atoms with E-state index >= 15 is 0 Å². The Hall–Kier alpha value is -2.55. The highest BCUT2D eigenvalue weighted by atomic mass is 32.2. The Morgan fingerprint density at radius 3 is 2.80 bits per heavy atom. The van der Waals surface area contributed by atoms with Crippen LogP contribution >= 0.6 is 11.8 Å². The molecule has 1 aromatic carbocycles. The molecular weight excluding hydrogens is 346 g/mol. The predicted molar refractivity (Wildman–Crippen MR) is 90.2 cm³/mol. The van der Waals surface area contributed by atoms with Crippen molar-refractivity contribution in [3.05, 3.63) is 24.3 Å². The lowest BCUT2D eigenvalue weighted by Crippen LogP contribution is -2.44. The Morgan fingerprint density at radius 2 is 2.08 bits per heavy atom. The number of nitrogens with one attached hydrogen (secondary N) is 1. The standard InChI is InChI=1S/C16H17N3O5S/c1-10(15(22)18-7-6-17-16(18)23)24-14(21)8-19-11-4-2-3-5-12(11)25-9-13(19)20/h2-5,10H,6-9H2,1H3,(H,17,23)/t10-/m1/s1. The van der Waals surface area contributed by atoms with E-state index in [9.17, 15) is 19.2 Å². The van der Waals surface area contributed by atoms with Crippen molar-refractivity contribution in [2.24, 2.45) is 0 Å². The van der Waals surface area contributed by atoms with E-state index in [0.717, 1.165) is 9.80 Å². The molecule has 0 radical (unpaired) electrons. The molecule has 3 rings (SSSR count). The molecule has 4 amide bonds. The fourth-order valence-corrected chi connectivity index (χ4v) is 3.58. The highest BCUT2D eigenvalue weighted by Gasteiger charge is 2.33. The van der Waals surface area contributed by atoms with Crippen LogP contribution in [0.3, 0.4) is 0 Å². The van der Waals surface area contributed by atoms with Crippen LogP contribution in [-0.4, -0.2) is 60.2 Å². The van der Waals surface area contributed by atoms with Crippen LogP contribution < -0.4 is 10.2 Å². The minimum atomic E-state index is -1.10. The first-order valence-electron chi connectivity index (χ1n) is 7.78. The number of carbonyl (C=O) groups excluding carboxylic acids is 4. The quantitative estimate of drug-likeness (QED) is 0.788. The minimum Gasteiger partial charge on any atom is -0.451 e. The summed E-state index contributed by atoms with van der Waals surface area (Å²) in [6, 6.07) is 6.79. The zero-order valence-electron chi connectivity index (χ0n) is 13.6. The molecule has 1 fully saturated rings. The maximum Gasteiger partial charge on any atom is 0.326 e. The second-order valence-electron chi connectivity index (χ2n) is 5.59. The molecule has 1 atom stereocenters. The molecule has 0 bridgehead atoms. The molecule has 8 nitrogen and oxygen atoms in total. The van der Waals surface area contributed by atoms with E-state index in [1.54, 1.807) is 12.1 Å². The van der Waals surface area contributed by atoms with Gasteiger partial charge in [-0.15, -0.1) is 11.8 Å². The molecule has 1 aromatic rings. The fourth-order valence-electron chi connectivity index (χ4n) is 2.64. The summed E-state index contributed by atoms with van der Waals surface area (Å²) in [5.74, 6) is -1.23. The molecule has 1 saturated heterocycles. The summed E-state index contributed by atoms with van der Waals surface area (Å²) in [7, 11) is 0. The van der Waals surface area contributed by atoms with Crippen molar-refractivity contribution in [1.82, 2.24) is 10.2 Å². The first-order valence-corrected chi connectivity index (χ1v) is 8.77. The van der Waals surface area contributed by atoms with Gasteiger partial charge in [-0.25, -0.2) is 4.79 Å². The van der Waals surface area contributed by atoms with Gasteiger partial charge < -0.3 is 10.1 Å². The zero-order chi connectivity index (χ0) is 18.0. The van der Waals surface area contributed by atoms with Crippen LogP contribution in [0.1, 0.15) is 6.92 Å². The van der Waals surface area contributed by atoms with Crippen LogP contribution in [0.5, 0.6) is 0 Å². The number of rotatable bonds is 4. The molecule has 0 aromatic heterocycles. The van der Waals surface area contributed by atoms with Crippen molar-refractivity contribution in [3.63, 3.8) is 0 Å². The third kappa shape index (κ3) is 3.60. The number of carbonyl (C=O) groups is 4. The Kier molecular flexibility index (Phi) is 4.93. The number of nitrogens with zero attached hydrogens (tertiary/aromatic N) is 2. The van der Waals surface area contributed by atoms with Crippen LogP contribution in [-0.2, 0) is 19.1 Å². The molecule has 2 aliphatic heterocycles. The highest BCUT2D eigenvalue weighted by Crippen LogP contribution is 2.34. The normalized spacial score (nSPS) is 17.8. The Morgan fingerprint density at radius 1 is 1.32 bits per heavy atom. The maximum atomic E-state index is 12.2. The van der Waals surface area contributed by atoms with Crippen LogP contribution in [0.15, 0.2) is 29.2 Å². The number of thioether (sulfide) groups is 1. The minimum absolute atomic E-state index is 0.196. The topological polar surface area (TPSA) is 96.0 Å². The van der Waals surface area contributed by atoms with Crippen molar-refractivity contribution in [3.8, 4) is 0 Å². The number of hydrogen-bond acceptors (Lipinski definition) is 6. The number of fused-ring (bicyclic) bond motifs is 1. The molecule has 2 aliphatic rings. The van der Waals surface area contributed by atoms with Gasteiger partial charge in [0.25, 0.3) is 5.91 Å². The second kappa shape index (κ2) is 7.14. The van der Waals surface area contributed by atoms with Crippen molar-refractivity contribution in [2.45, 2.75) is 17.9 Å². The van der Waals surface area contributed by atoms with Crippen molar-refractivity contribution in [1.29, 1.82) is 0 Å². The number of benzene rings is 1. The summed E-state index contributed by atoms with van der Waals surface area (Å²) in [6.45, 7) is 1.75. The molecular formula is C16H17N3O5S. The summed E-state index contributed by atoms with van der Waals surface area (Å²) in [5.41, 5.74) is 0.651. The molecule has 0 unspecified atom stereocenters. The van der Waals surface area contributed by atoms with Crippen molar-refractivity contribution >= 4 is 41.3 Å². The van der Waals surface area contributed by atoms with E-state index < -0.39 is 24.0 Å². The van der Waals surface area contributed by atoms with Crippen LogP contribution in [0.25, 0.3) is 0 Å². The average Bonchev–Trinajstić information content (AvgIpc) is 3.02. The molecule has 1 N–H and O–H groups in total. The van der Waals surface area contributed by atoms with Gasteiger partial charge in [0, 0.05) is 18.0 Å². The third-order valence-electron chi connectivity index (χ3n) is 3.87. The number of esters is 1. The van der Waals surface area contributed by atoms with E-state index in [-0.39, 0.29) is 24.7 Å². The number of anilines is 1. The van der Waals surface area contributed by atoms with Gasteiger partial charge in [-0.3, -0.25) is 24.2 Å². The average molecular weight is 363 g/mol. The van der Waals surface area contributed by atoms with Gasteiger partial charge in [-0.2, -0.15) is 0 Å². The monoisotopic (exact) mass is 363 g/mol. The predicted octanol–water partition coefficient (Wildman–Crippen LogP) is 0.609. The number of para-hydroxylation sites is 1. The first kappa shape index (κ1) is 17.3. The maximum absolute atomic E-state index is 12.2. The lowest BCUT2D eigenvalue weighted by Gasteiger charge is -2.28. The highest BCUT2D eigenvalue weighted by molar-refractivity contribution is 8.00. The van der Waals surface area contributed by atoms with Gasteiger partial charge >= 0.3 is 12.0 Å². The lowest BCUT2D eigenvalue weighted by molar-refractivity contribution is -0.156. The van der Waals surface area contributed by atoms with Crippen LogP contribution in [0.4, 0.5) is 10.5 Å². The third-order valence-corrected chi connectivity index (χ3v) is 4.92.